The average molecular weight is 265 g/mol. The Morgan fingerprint density at radius 1 is 1.16 bits per heavy atom. The smallest absolute Gasteiger partial charge is 0.251 e. The number of hydrogen-bond acceptors (Lipinski definition) is 4. The third kappa shape index (κ3) is 5.17. The fourth-order valence-corrected chi connectivity index (χ4v) is 1.23. The molecule has 0 aliphatic carbocycles. The summed E-state index contributed by atoms with van der Waals surface area (Å²) < 4.78 is 0. The summed E-state index contributed by atoms with van der Waals surface area (Å²) in [4.78, 5) is 33.4. The van der Waals surface area contributed by atoms with Crippen LogP contribution in [0.3, 0.4) is 0 Å². The van der Waals surface area contributed by atoms with E-state index in [0.717, 1.165) is 0 Å². The number of aliphatic hydroxyl groups is 1. The second kappa shape index (κ2) is 7.12. The normalized spacial score (nSPS) is 11.4. The van der Waals surface area contributed by atoms with Gasteiger partial charge in [-0.05, 0) is 12.1 Å². The Morgan fingerprint density at radius 2 is 1.79 bits per heavy atom. The molecule has 1 rings (SSSR count). The van der Waals surface area contributed by atoms with Crippen LogP contribution in [0, 0.1) is 0 Å². The molecule has 0 heterocycles. The predicted octanol–water partition coefficient (Wildman–Crippen LogP) is -1.62. The minimum atomic E-state index is -1.44. The zero-order valence-corrected chi connectivity index (χ0v) is 10.1. The van der Waals surface area contributed by atoms with Crippen LogP contribution in [-0.4, -0.2) is 42.0 Å². The van der Waals surface area contributed by atoms with Crippen LogP contribution in [0.4, 0.5) is 0 Å². The Balaban J connectivity index is 2.31. The average Bonchev–Trinajstić information content (AvgIpc) is 2.42. The molecule has 0 aliphatic heterocycles. The molecule has 0 saturated heterocycles. The molecule has 0 aromatic heterocycles. The monoisotopic (exact) mass is 265 g/mol. The standard InChI is InChI=1S/C12H15N3O4/c13-11(18)9(16)6-14-10(17)7-15-12(19)8-4-2-1-3-5-8/h1-5,9,16H,6-7H2,(H2,13,18)(H,14,17)(H,15,19). The Hall–Kier alpha value is -2.41. The molecule has 19 heavy (non-hydrogen) atoms. The quantitative estimate of drug-likeness (QED) is 0.493. The van der Waals surface area contributed by atoms with Crippen LogP contribution in [0.25, 0.3) is 0 Å². The first kappa shape index (κ1) is 14.7. The molecule has 1 aromatic rings. The summed E-state index contributed by atoms with van der Waals surface area (Å²) in [6.45, 7) is -0.533. The SMILES string of the molecule is NC(=O)C(O)CNC(=O)CNC(=O)c1ccccc1. The van der Waals surface area contributed by atoms with Crippen molar-refractivity contribution in [3.63, 3.8) is 0 Å². The molecule has 102 valence electrons. The van der Waals surface area contributed by atoms with Gasteiger partial charge in [-0.25, -0.2) is 0 Å². The van der Waals surface area contributed by atoms with E-state index >= 15 is 0 Å². The number of nitrogens with two attached hydrogens (primary N) is 1. The summed E-state index contributed by atoms with van der Waals surface area (Å²) in [5.74, 6) is -1.83. The maximum absolute atomic E-state index is 11.6. The lowest BCUT2D eigenvalue weighted by Crippen LogP contribution is -2.43. The Morgan fingerprint density at radius 3 is 2.37 bits per heavy atom. The summed E-state index contributed by atoms with van der Waals surface area (Å²) in [7, 11) is 0. The number of amides is 3. The van der Waals surface area contributed by atoms with Crippen molar-refractivity contribution in [1.29, 1.82) is 0 Å². The Labute approximate surface area is 109 Å². The van der Waals surface area contributed by atoms with Crippen LogP contribution in [0.2, 0.25) is 0 Å². The van der Waals surface area contributed by atoms with Gasteiger partial charge in [0.05, 0.1) is 13.1 Å². The molecule has 0 aliphatic rings. The van der Waals surface area contributed by atoms with E-state index in [-0.39, 0.29) is 19.0 Å². The summed E-state index contributed by atoms with van der Waals surface area (Å²) in [6.07, 6.45) is -1.44. The zero-order chi connectivity index (χ0) is 14.3. The van der Waals surface area contributed by atoms with Gasteiger partial charge < -0.3 is 21.5 Å². The van der Waals surface area contributed by atoms with E-state index in [1.165, 1.54) is 0 Å². The first-order valence-corrected chi connectivity index (χ1v) is 5.58. The molecule has 1 atom stereocenters. The minimum absolute atomic E-state index is 0.251. The lowest BCUT2D eigenvalue weighted by Gasteiger charge is -2.09. The van der Waals surface area contributed by atoms with Gasteiger partial charge in [0.25, 0.3) is 5.91 Å². The van der Waals surface area contributed by atoms with Crippen LogP contribution >= 0.6 is 0 Å². The van der Waals surface area contributed by atoms with Crippen LogP contribution < -0.4 is 16.4 Å². The lowest BCUT2D eigenvalue weighted by molar-refractivity contribution is -0.126. The third-order valence-corrected chi connectivity index (χ3v) is 2.27. The maximum atomic E-state index is 11.6. The van der Waals surface area contributed by atoms with Gasteiger partial charge in [0, 0.05) is 5.56 Å². The first-order valence-electron chi connectivity index (χ1n) is 5.58. The fourth-order valence-electron chi connectivity index (χ4n) is 1.23. The van der Waals surface area contributed by atoms with Crippen molar-refractivity contribution in [2.45, 2.75) is 6.10 Å². The fraction of sp³-hybridized carbons (Fsp3) is 0.250. The van der Waals surface area contributed by atoms with Gasteiger partial charge >= 0.3 is 0 Å². The third-order valence-electron chi connectivity index (χ3n) is 2.27. The highest BCUT2D eigenvalue weighted by Gasteiger charge is 2.12. The van der Waals surface area contributed by atoms with Gasteiger partial charge in [0.1, 0.15) is 6.10 Å². The molecule has 0 saturated carbocycles. The van der Waals surface area contributed by atoms with E-state index in [9.17, 15) is 14.4 Å². The van der Waals surface area contributed by atoms with Crippen molar-refractivity contribution < 1.29 is 19.5 Å². The molecule has 5 N–H and O–H groups in total. The molecule has 0 fully saturated rings. The molecule has 3 amide bonds. The van der Waals surface area contributed by atoms with Crippen LogP contribution in [0.5, 0.6) is 0 Å². The van der Waals surface area contributed by atoms with Crippen LogP contribution in [0.15, 0.2) is 30.3 Å². The van der Waals surface area contributed by atoms with Crippen LogP contribution in [0.1, 0.15) is 10.4 Å². The Bertz CT molecular complexity index is 461. The second-order valence-corrected chi connectivity index (χ2v) is 3.77. The number of primary amides is 1. The zero-order valence-electron chi connectivity index (χ0n) is 10.1. The van der Waals surface area contributed by atoms with Gasteiger partial charge in [-0.15, -0.1) is 0 Å². The highest BCUT2D eigenvalue weighted by molar-refractivity contribution is 5.96. The number of carbonyl (C=O) groups excluding carboxylic acids is 3. The number of nitrogens with one attached hydrogen (secondary N) is 2. The summed E-state index contributed by atoms with van der Waals surface area (Å²) in [6, 6.07) is 8.42. The molecule has 7 heteroatoms. The van der Waals surface area contributed by atoms with E-state index in [2.05, 4.69) is 10.6 Å². The predicted molar refractivity (Wildman–Crippen MR) is 67.0 cm³/mol. The number of rotatable bonds is 6. The molecule has 7 nitrogen and oxygen atoms in total. The van der Waals surface area contributed by atoms with E-state index in [0.29, 0.717) is 5.56 Å². The summed E-state index contributed by atoms with van der Waals surface area (Å²) >= 11 is 0. The largest absolute Gasteiger partial charge is 0.381 e. The van der Waals surface area contributed by atoms with Crippen molar-refractivity contribution in [3.8, 4) is 0 Å². The van der Waals surface area contributed by atoms with Crippen molar-refractivity contribution in [2.24, 2.45) is 5.73 Å². The van der Waals surface area contributed by atoms with E-state index in [1.807, 2.05) is 0 Å². The highest BCUT2D eigenvalue weighted by Crippen LogP contribution is 1.97. The van der Waals surface area contributed by atoms with Gasteiger partial charge in [0.15, 0.2) is 0 Å². The van der Waals surface area contributed by atoms with Crippen molar-refractivity contribution >= 4 is 17.7 Å². The minimum Gasteiger partial charge on any atom is -0.381 e. The van der Waals surface area contributed by atoms with Gasteiger partial charge in [-0.2, -0.15) is 0 Å². The van der Waals surface area contributed by atoms with E-state index in [1.54, 1.807) is 30.3 Å². The maximum Gasteiger partial charge on any atom is 0.251 e. The number of hydrogen-bond donors (Lipinski definition) is 4. The Kier molecular flexibility index (Phi) is 5.49. The molecule has 0 radical (unpaired) electrons. The first-order chi connectivity index (χ1) is 9.00. The van der Waals surface area contributed by atoms with Gasteiger partial charge in [0.2, 0.25) is 11.8 Å². The van der Waals surface area contributed by atoms with E-state index < -0.39 is 17.9 Å². The summed E-state index contributed by atoms with van der Waals surface area (Å²) in [5, 5.41) is 13.7. The molecule has 0 bridgehead atoms. The molecule has 1 aromatic carbocycles. The molecular formula is C12H15N3O4. The number of benzene rings is 1. The van der Waals surface area contributed by atoms with E-state index in [4.69, 9.17) is 10.8 Å². The summed E-state index contributed by atoms with van der Waals surface area (Å²) in [5.41, 5.74) is 5.25. The molecule has 1 unspecified atom stereocenters. The van der Waals surface area contributed by atoms with Crippen molar-refractivity contribution in [2.75, 3.05) is 13.1 Å². The number of aliphatic hydroxyl groups excluding tert-OH is 1. The highest BCUT2D eigenvalue weighted by atomic mass is 16.3. The second-order valence-electron chi connectivity index (χ2n) is 3.77. The van der Waals surface area contributed by atoms with Gasteiger partial charge in [-0.3, -0.25) is 14.4 Å². The van der Waals surface area contributed by atoms with Crippen molar-refractivity contribution in [3.05, 3.63) is 35.9 Å². The molecule has 0 spiro atoms. The topological polar surface area (TPSA) is 122 Å². The van der Waals surface area contributed by atoms with Gasteiger partial charge in [-0.1, -0.05) is 18.2 Å². The van der Waals surface area contributed by atoms with Crippen LogP contribution in [-0.2, 0) is 9.59 Å². The van der Waals surface area contributed by atoms with Crippen molar-refractivity contribution in [1.82, 2.24) is 10.6 Å². The lowest BCUT2D eigenvalue weighted by atomic mass is 10.2. The molecular weight excluding hydrogens is 250 g/mol. The number of carbonyl (C=O) groups is 3.